The van der Waals surface area contributed by atoms with Gasteiger partial charge in [-0.05, 0) is 56.2 Å². The predicted octanol–water partition coefficient (Wildman–Crippen LogP) is 3.01. The van der Waals surface area contributed by atoms with E-state index in [9.17, 15) is 9.59 Å². The van der Waals surface area contributed by atoms with Gasteiger partial charge in [-0.25, -0.2) is 0 Å². The number of ether oxygens (including phenoxy) is 3. The zero-order valence-corrected chi connectivity index (χ0v) is 16.5. The summed E-state index contributed by atoms with van der Waals surface area (Å²) >= 11 is 0. The Hall–Kier alpha value is -3.06. The number of hydrogen-bond acceptors (Lipinski definition) is 5. The first kappa shape index (κ1) is 20.7. The number of amides is 2. The van der Waals surface area contributed by atoms with Crippen LogP contribution in [-0.4, -0.2) is 44.3 Å². The van der Waals surface area contributed by atoms with Gasteiger partial charge in [-0.3, -0.25) is 9.59 Å². The summed E-state index contributed by atoms with van der Waals surface area (Å²) in [6, 6.07) is 14.0. The molecule has 0 aromatic heterocycles. The van der Waals surface area contributed by atoms with Crippen LogP contribution in [0.5, 0.6) is 11.5 Å². The zero-order chi connectivity index (χ0) is 20.5. The molecule has 1 atom stereocenters. The molecule has 7 nitrogen and oxygen atoms in total. The van der Waals surface area contributed by atoms with Crippen LogP contribution >= 0.6 is 0 Å². The molecule has 3 rings (SSSR count). The van der Waals surface area contributed by atoms with E-state index in [1.54, 1.807) is 42.5 Å². The summed E-state index contributed by atoms with van der Waals surface area (Å²) in [6.45, 7) is 3.56. The van der Waals surface area contributed by atoms with Crippen LogP contribution in [0.2, 0.25) is 0 Å². The molecule has 1 fully saturated rings. The molecule has 0 unspecified atom stereocenters. The number of carbonyl (C=O) groups excluding carboxylic acids is 2. The number of nitrogens with one attached hydrogen (secondary N) is 2. The van der Waals surface area contributed by atoms with Crippen molar-refractivity contribution in [2.24, 2.45) is 0 Å². The van der Waals surface area contributed by atoms with Crippen LogP contribution in [0, 0.1) is 0 Å². The molecule has 0 aliphatic carbocycles. The average molecular weight is 398 g/mol. The second-order valence-electron chi connectivity index (χ2n) is 6.66. The van der Waals surface area contributed by atoms with Crippen LogP contribution in [-0.2, 0) is 9.53 Å². The van der Waals surface area contributed by atoms with Crippen molar-refractivity contribution in [3.8, 4) is 11.5 Å². The zero-order valence-electron chi connectivity index (χ0n) is 16.5. The van der Waals surface area contributed by atoms with Gasteiger partial charge in [-0.1, -0.05) is 12.1 Å². The number of benzene rings is 2. The van der Waals surface area contributed by atoms with Gasteiger partial charge < -0.3 is 24.8 Å². The Kier molecular flexibility index (Phi) is 7.47. The van der Waals surface area contributed by atoms with Crippen molar-refractivity contribution in [2.75, 3.05) is 31.7 Å². The van der Waals surface area contributed by atoms with Crippen LogP contribution in [0.1, 0.15) is 30.1 Å². The predicted molar refractivity (Wildman–Crippen MR) is 109 cm³/mol. The Bertz CT molecular complexity index is 816. The third-order valence-electron chi connectivity index (χ3n) is 4.44. The highest BCUT2D eigenvalue weighted by atomic mass is 16.5. The molecule has 2 aromatic rings. The highest BCUT2D eigenvalue weighted by molar-refractivity contribution is 6.06. The van der Waals surface area contributed by atoms with E-state index in [-0.39, 0.29) is 24.5 Å². The van der Waals surface area contributed by atoms with E-state index in [1.807, 2.05) is 13.0 Å². The summed E-state index contributed by atoms with van der Waals surface area (Å²) in [5.74, 6) is 0.644. The van der Waals surface area contributed by atoms with Crippen LogP contribution in [0.25, 0.3) is 0 Å². The molecular formula is C22H26N2O5. The largest absolute Gasteiger partial charge is 0.490 e. The van der Waals surface area contributed by atoms with Crippen molar-refractivity contribution in [2.45, 2.75) is 25.9 Å². The quantitative estimate of drug-likeness (QED) is 0.678. The summed E-state index contributed by atoms with van der Waals surface area (Å²) in [5, 5.41) is 5.52. The fraction of sp³-hybridized carbons (Fsp3) is 0.364. The molecule has 0 radical (unpaired) electrons. The molecule has 29 heavy (non-hydrogen) atoms. The first-order valence-corrected chi connectivity index (χ1v) is 9.80. The highest BCUT2D eigenvalue weighted by Gasteiger charge is 2.18. The molecule has 0 saturated carbocycles. The highest BCUT2D eigenvalue weighted by Crippen LogP contribution is 2.22. The molecule has 0 bridgehead atoms. The second kappa shape index (κ2) is 10.5. The minimum Gasteiger partial charge on any atom is -0.490 e. The lowest BCUT2D eigenvalue weighted by atomic mass is 10.1. The molecule has 154 valence electrons. The van der Waals surface area contributed by atoms with Gasteiger partial charge in [0, 0.05) is 18.8 Å². The van der Waals surface area contributed by atoms with Gasteiger partial charge in [0.15, 0.2) is 6.61 Å². The fourth-order valence-corrected chi connectivity index (χ4v) is 2.97. The van der Waals surface area contributed by atoms with Gasteiger partial charge >= 0.3 is 0 Å². The molecule has 1 aliphatic heterocycles. The average Bonchev–Trinajstić information content (AvgIpc) is 3.26. The third-order valence-corrected chi connectivity index (χ3v) is 4.44. The molecule has 1 saturated heterocycles. The summed E-state index contributed by atoms with van der Waals surface area (Å²) in [5.41, 5.74) is 1.08. The Morgan fingerprint density at radius 2 is 1.90 bits per heavy atom. The maximum atomic E-state index is 12.7. The van der Waals surface area contributed by atoms with Gasteiger partial charge in [-0.2, -0.15) is 0 Å². The normalized spacial score (nSPS) is 15.6. The number of rotatable bonds is 9. The molecule has 2 aromatic carbocycles. The van der Waals surface area contributed by atoms with Gasteiger partial charge in [0.25, 0.3) is 11.8 Å². The Morgan fingerprint density at radius 1 is 1.10 bits per heavy atom. The number of para-hydroxylation sites is 1. The lowest BCUT2D eigenvalue weighted by Gasteiger charge is -2.14. The summed E-state index contributed by atoms with van der Waals surface area (Å²) in [4.78, 5) is 24.1. The molecular weight excluding hydrogens is 372 g/mol. The number of likely N-dealkylation sites (N-methyl/N-ethyl adjacent to an activating group) is 1. The van der Waals surface area contributed by atoms with Crippen molar-refractivity contribution in [3.63, 3.8) is 0 Å². The van der Waals surface area contributed by atoms with Crippen molar-refractivity contribution in [1.29, 1.82) is 0 Å². The van der Waals surface area contributed by atoms with Crippen LogP contribution < -0.4 is 20.1 Å². The minimum absolute atomic E-state index is 0.0467. The van der Waals surface area contributed by atoms with Crippen molar-refractivity contribution < 1.29 is 23.8 Å². The molecule has 2 N–H and O–H groups in total. The van der Waals surface area contributed by atoms with Crippen LogP contribution in [0.3, 0.4) is 0 Å². The smallest absolute Gasteiger partial charge is 0.259 e. The maximum Gasteiger partial charge on any atom is 0.259 e. The monoisotopic (exact) mass is 398 g/mol. The van der Waals surface area contributed by atoms with Gasteiger partial charge in [0.1, 0.15) is 18.1 Å². The molecule has 0 spiro atoms. The number of anilines is 1. The van der Waals surface area contributed by atoms with E-state index in [0.29, 0.717) is 35.9 Å². The van der Waals surface area contributed by atoms with Crippen molar-refractivity contribution in [3.05, 3.63) is 54.1 Å². The fourth-order valence-electron chi connectivity index (χ4n) is 2.97. The maximum absolute atomic E-state index is 12.7. The van der Waals surface area contributed by atoms with E-state index in [1.165, 1.54) is 0 Å². The Morgan fingerprint density at radius 3 is 2.62 bits per heavy atom. The lowest BCUT2D eigenvalue weighted by molar-refractivity contribution is -0.122. The van der Waals surface area contributed by atoms with E-state index in [2.05, 4.69) is 10.6 Å². The van der Waals surface area contributed by atoms with E-state index >= 15 is 0 Å². The van der Waals surface area contributed by atoms with Crippen LogP contribution in [0.4, 0.5) is 5.69 Å². The lowest BCUT2D eigenvalue weighted by Crippen LogP contribution is -2.28. The van der Waals surface area contributed by atoms with Gasteiger partial charge in [0.05, 0.1) is 11.7 Å². The second-order valence-corrected chi connectivity index (χ2v) is 6.66. The third kappa shape index (κ3) is 6.22. The standard InChI is InChI=1S/C22H26N2O5/c1-2-23-21(25)15-28-17-11-9-16(10-12-17)24-22(26)19-7-3-4-8-20(19)29-14-18-6-5-13-27-18/h3-4,7-12,18H,2,5-6,13-15H2,1H3,(H,23,25)(H,24,26)/t18-/m1/s1. The molecule has 2 amide bonds. The Labute approximate surface area is 170 Å². The first-order chi connectivity index (χ1) is 14.2. The number of hydrogen-bond donors (Lipinski definition) is 2. The molecule has 1 aliphatic rings. The van der Waals surface area contributed by atoms with E-state index in [4.69, 9.17) is 14.2 Å². The minimum atomic E-state index is -0.260. The number of carbonyl (C=O) groups is 2. The first-order valence-electron chi connectivity index (χ1n) is 9.80. The SMILES string of the molecule is CCNC(=O)COc1ccc(NC(=O)c2ccccc2OC[C@H]2CCCO2)cc1. The molecule has 7 heteroatoms. The van der Waals surface area contributed by atoms with E-state index in [0.717, 1.165) is 19.4 Å². The Balaban J connectivity index is 1.56. The topological polar surface area (TPSA) is 85.9 Å². The van der Waals surface area contributed by atoms with Crippen LogP contribution in [0.15, 0.2) is 48.5 Å². The van der Waals surface area contributed by atoms with Crippen molar-refractivity contribution >= 4 is 17.5 Å². The molecule has 1 heterocycles. The van der Waals surface area contributed by atoms with Crippen molar-refractivity contribution in [1.82, 2.24) is 5.32 Å². The van der Waals surface area contributed by atoms with Gasteiger partial charge in [0.2, 0.25) is 0 Å². The van der Waals surface area contributed by atoms with E-state index < -0.39 is 0 Å². The summed E-state index contributed by atoms with van der Waals surface area (Å²) in [7, 11) is 0. The summed E-state index contributed by atoms with van der Waals surface area (Å²) < 4.78 is 16.8. The summed E-state index contributed by atoms with van der Waals surface area (Å²) in [6.07, 6.45) is 2.10. The van der Waals surface area contributed by atoms with Gasteiger partial charge in [-0.15, -0.1) is 0 Å².